The predicted molar refractivity (Wildman–Crippen MR) is 77.4 cm³/mol. The van der Waals surface area contributed by atoms with Gasteiger partial charge in [-0.1, -0.05) is 42.5 Å². The molecule has 0 aliphatic heterocycles. The minimum absolute atomic E-state index is 0.140. The summed E-state index contributed by atoms with van der Waals surface area (Å²) in [7, 11) is 1.45. The number of rotatable bonds is 4. The van der Waals surface area contributed by atoms with E-state index in [1.807, 2.05) is 42.5 Å². The van der Waals surface area contributed by atoms with Gasteiger partial charge in [-0.3, -0.25) is 4.90 Å². The van der Waals surface area contributed by atoms with Crippen LogP contribution in [-0.4, -0.2) is 30.9 Å². The van der Waals surface area contributed by atoms with Crippen LogP contribution in [0.2, 0.25) is 0 Å². The molecule has 2 rings (SSSR count). The molecule has 0 unspecified atom stereocenters. The summed E-state index contributed by atoms with van der Waals surface area (Å²) >= 11 is 0. The van der Waals surface area contributed by atoms with Crippen molar-refractivity contribution >= 4 is 23.0 Å². The third kappa shape index (κ3) is 3.85. The van der Waals surface area contributed by atoms with Gasteiger partial charge in [0.25, 0.3) is 0 Å². The average molecular weight is 288 g/mol. The number of carbonyl (C=O) groups is 2. The Bertz CT molecular complexity index is 652. The lowest BCUT2D eigenvalue weighted by atomic mass is 10.1. The topological polar surface area (TPSA) is 81.9 Å². The molecule has 2 amide bonds. The predicted octanol–water partition coefficient (Wildman–Crippen LogP) is 2.46. The van der Waals surface area contributed by atoms with Gasteiger partial charge in [0.1, 0.15) is 6.61 Å². The fourth-order valence-corrected chi connectivity index (χ4v) is 1.88. The summed E-state index contributed by atoms with van der Waals surface area (Å²) in [4.78, 5) is 23.3. The lowest BCUT2D eigenvalue weighted by molar-refractivity contribution is 0.0590. The molecule has 0 saturated carbocycles. The smallest absolute Gasteiger partial charge is 0.412 e. The zero-order chi connectivity index (χ0) is 15.2. The number of fused-ring (bicyclic) bond motifs is 1. The van der Waals surface area contributed by atoms with E-state index in [4.69, 9.17) is 10.5 Å². The van der Waals surface area contributed by atoms with Crippen LogP contribution in [0.5, 0.6) is 0 Å². The van der Waals surface area contributed by atoms with Gasteiger partial charge in [0.05, 0.1) is 0 Å². The second-order valence-electron chi connectivity index (χ2n) is 4.48. The number of nitrogens with zero attached hydrogens (tertiary/aromatic N) is 1. The molecule has 21 heavy (non-hydrogen) atoms. The molecular weight excluding hydrogens is 272 g/mol. The first-order chi connectivity index (χ1) is 10.1. The summed E-state index contributed by atoms with van der Waals surface area (Å²) in [6.07, 6.45) is -1.53. The van der Waals surface area contributed by atoms with Crippen molar-refractivity contribution in [3.63, 3.8) is 0 Å². The first-order valence-corrected chi connectivity index (χ1v) is 6.34. The summed E-state index contributed by atoms with van der Waals surface area (Å²) in [6.45, 7) is -0.106. The molecule has 0 radical (unpaired) electrons. The lowest BCUT2D eigenvalue weighted by Gasteiger charge is -2.16. The Labute approximate surface area is 122 Å². The quantitative estimate of drug-likeness (QED) is 0.876. The minimum Gasteiger partial charge on any atom is -0.444 e. The van der Waals surface area contributed by atoms with E-state index in [0.29, 0.717) is 0 Å². The second kappa shape index (κ2) is 6.60. The van der Waals surface area contributed by atoms with Crippen LogP contribution in [-0.2, 0) is 16.1 Å². The van der Waals surface area contributed by atoms with Gasteiger partial charge in [0.15, 0.2) is 6.73 Å². The third-order valence-corrected chi connectivity index (χ3v) is 2.94. The molecular formula is C15H16N2O4. The number of amides is 2. The summed E-state index contributed by atoms with van der Waals surface area (Å²) in [5, 5.41) is 2.11. The zero-order valence-electron chi connectivity index (χ0n) is 11.6. The maximum Gasteiger partial charge on any atom is 0.412 e. The fraction of sp³-hybridized carbons (Fsp3) is 0.200. The number of nitrogens with two attached hydrogens (primary N) is 1. The average Bonchev–Trinajstić information content (AvgIpc) is 2.50. The van der Waals surface area contributed by atoms with Crippen molar-refractivity contribution in [2.45, 2.75) is 6.61 Å². The molecule has 6 heteroatoms. The molecule has 0 aromatic heterocycles. The number of ether oxygens (including phenoxy) is 2. The molecule has 6 nitrogen and oxygen atoms in total. The van der Waals surface area contributed by atoms with Gasteiger partial charge < -0.3 is 15.2 Å². The van der Waals surface area contributed by atoms with Gasteiger partial charge in [0, 0.05) is 7.05 Å². The van der Waals surface area contributed by atoms with E-state index in [0.717, 1.165) is 21.2 Å². The van der Waals surface area contributed by atoms with Crippen LogP contribution in [0.3, 0.4) is 0 Å². The summed E-state index contributed by atoms with van der Waals surface area (Å²) < 4.78 is 9.70. The molecule has 2 aromatic carbocycles. The van der Waals surface area contributed by atoms with E-state index in [9.17, 15) is 9.59 Å². The first-order valence-electron chi connectivity index (χ1n) is 6.34. The van der Waals surface area contributed by atoms with Gasteiger partial charge in [-0.2, -0.15) is 0 Å². The van der Waals surface area contributed by atoms with Crippen molar-refractivity contribution in [2.24, 2.45) is 5.73 Å². The summed E-state index contributed by atoms with van der Waals surface area (Å²) in [5.41, 5.74) is 5.74. The van der Waals surface area contributed by atoms with Crippen molar-refractivity contribution in [3.8, 4) is 0 Å². The highest BCUT2D eigenvalue weighted by atomic mass is 16.6. The van der Waals surface area contributed by atoms with Gasteiger partial charge >= 0.3 is 12.2 Å². The highest BCUT2D eigenvalue weighted by Gasteiger charge is 2.12. The van der Waals surface area contributed by atoms with Crippen LogP contribution < -0.4 is 5.73 Å². The van der Waals surface area contributed by atoms with E-state index >= 15 is 0 Å². The summed E-state index contributed by atoms with van der Waals surface area (Å²) in [6, 6.07) is 13.6. The molecule has 0 bridgehead atoms. The molecule has 0 atom stereocenters. The number of hydrogen-bond donors (Lipinski definition) is 1. The molecule has 0 aliphatic rings. The molecule has 0 fully saturated rings. The van der Waals surface area contributed by atoms with E-state index < -0.39 is 12.2 Å². The molecule has 0 saturated heterocycles. The Hall–Kier alpha value is -2.76. The number of carbonyl (C=O) groups excluding carboxylic acids is 2. The SMILES string of the molecule is CN(COC(N)=O)C(=O)OCc1cccc2ccccc12. The number of primary amides is 1. The Morgan fingerprint density at radius 2 is 1.81 bits per heavy atom. The monoisotopic (exact) mass is 288 g/mol. The molecule has 0 aliphatic carbocycles. The minimum atomic E-state index is -0.941. The van der Waals surface area contributed by atoms with Gasteiger partial charge in [-0.15, -0.1) is 0 Å². The Kier molecular flexibility index (Phi) is 4.61. The molecule has 2 N–H and O–H groups in total. The lowest BCUT2D eigenvalue weighted by Crippen LogP contribution is -2.32. The van der Waals surface area contributed by atoms with Crippen molar-refractivity contribution in [3.05, 3.63) is 48.0 Å². The normalized spacial score (nSPS) is 10.1. The van der Waals surface area contributed by atoms with Gasteiger partial charge in [0.2, 0.25) is 0 Å². The van der Waals surface area contributed by atoms with Crippen LogP contribution >= 0.6 is 0 Å². The zero-order valence-corrected chi connectivity index (χ0v) is 11.6. The maximum atomic E-state index is 11.7. The standard InChI is InChI=1S/C15H16N2O4/c1-17(10-21-14(16)18)15(19)20-9-12-7-4-6-11-5-2-3-8-13(11)12/h2-8H,9-10H2,1H3,(H2,16,18). The highest BCUT2D eigenvalue weighted by molar-refractivity contribution is 5.85. The van der Waals surface area contributed by atoms with Crippen LogP contribution in [0.15, 0.2) is 42.5 Å². The number of hydrogen-bond acceptors (Lipinski definition) is 4. The summed E-state index contributed by atoms with van der Waals surface area (Å²) in [5.74, 6) is 0. The Morgan fingerprint density at radius 1 is 1.10 bits per heavy atom. The van der Waals surface area contributed by atoms with E-state index in [-0.39, 0.29) is 13.3 Å². The largest absolute Gasteiger partial charge is 0.444 e. The van der Waals surface area contributed by atoms with E-state index in [2.05, 4.69) is 4.74 Å². The van der Waals surface area contributed by atoms with Crippen molar-refractivity contribution in [1.29, 1.82) is 0 Å². The van der Waals surface area contributed by atoms with E-state index in [1.165, 1.54) is 7.05 Å². The molecule has 0 heterocycles. The Balaban J connectivity index is 1.98. The number of benzene rings is 2. The Morgan fingerprint density at radius 3 is 2.57 bits per heavy atom. The van der Waals surface area contributed by atoms with Crippen LogP contribution in [0.1, 0.15) is 5.56 Å². The van der Waals surface area contributed by atoms with E-state index in [1.54, 1.807) is 0 Å². The van der Waals surface area contributed by atoms with Crippen LogP contribution in [0.4, 0.5) is 9.59 Å². The molecule has 0 spiro atoms. The fourth-order valence-electron chi connectivity index (χ4n) is 1.88. The third-order valence-electron chi connectivity index (χ3n) is 2.94. The van der Waals surface area contributed by atoms with Crippen molar-refractivity contribution in [2.75, 3.05) is 13.8 Å². The van der Waals surface area contributed by atoms with Crippen molar-refractivity contribution < 1.29 is 19.1 Å². The maximum absolute atomic E-state index is 11.7. The van der Waals surface area contributed by atoms with Gasteiger partial charge in [-0.25, -0.2) is 9.59 Å². The highest BCUT2D eigenvalue weighted by Crippen LogP contribution is 2.19. The van der Waals surface area contributed by atoms with Crippen LogP contribution in [0.25, 0.3) is 10.8 Å². The second-order valence-corrected chi connectivity index (χ2v) is 4.48. The van der Waals surface area contributed by atoms with Crippen LogP contribution in [0, 0.1) is 0 Å². The first kappa shape index (κ1) is 14.6. The molecule has 110 valence electrons. The molecule has 2 aromatic rings. The van der Waals surface area contributed by atoms with Gasteiger partial charge in [-0.05, 0) is 16.3 Å². The van der Waals surface area contributed by atoms with Crippen molar-refractivity contribution in [1.82, 2.24) is 4.90 Å².